The Morgan fingerprint density at radius 1 is 1.70 bits per heavy atom. The lowest BCUT2D eigenvalue weighted by Crippen LogP contribution is -1.86. The van der Waals surface area contributed by atoms with E-state index in [1.165, 1.54) is 18.5 Å². The monoisotopic (exact) mass is 132 g/mol. The fourth-order valence-corrected chi connectivity index (χ4v) is 0.602. The maximum Gasteiger partial charge on any atom is 0.152 e. The van der Waals surface area contributed by atoms with Crippen LogP contribution in [0, 0.1) is 11.3 Å². The highest BCUT2D eigenvalue weighted by molar-refractivity contribution is 5.78. The van der Waals surface area contributed by atoms with Crippen molar-refractivity contribution in [3.8, 4) is 6.07 Å². The molecule has 0 aromatic carbocycles. The van der Waals surface area contributed by atoms with Gasteiger partial charge >= 0.3 is 0 Å². The fraction of sp³-hybridized carbons (Fsp3) is 0. The van der Waals surface area contributed by atoms with Crippen LogP contribution in [0.5, 0.6) is 0 Å². The second-order valence-corrected chi connectivity index (χ2v) is 1.69. The Balaban J connectivity index is 3.24. The molecule has 0 aliphatic carbocycles. The molecule has 0 aliphatic rings. The van der Waals surface area contributed by atoms with Crippen molar-refractivity contribution in [3.63, 3.8) is 0 Å². The number of aromatic nitrogens is 1. The van der Waals surface area contributed by atoms with Gasteiger partial charge in [0, 0.05) is 12.4 Å². The molecular formula is C7H4N2O. The van der Waals surface area contributed by atoms with Gasteiger partial charge in [0.15, 0.2) is 6.29 Å². The van der Waals surface area contributed by atoms with Crippen LogP contribution in [0.25, 0.3) is 0 Å². The predicted octanol–water partition coefficient (Wildman–Crippen LogP) is 0.766. The third kappa shape index (κ3) is 1.00. The summed E-state index contributed by atoms with van der Waals surface area (Å²) >= 11 is 0. The summed E-state index contributed by atoms with van der Waals surface area (Å²) in [6, 6.07) is 3.38. The van der Waals surface area contributed by atoms with E-state index in [0.29, 0.717) is 17.4 Å². The second kappa shape index (κ2) is 2.74. The van der Waals surface area contributed by atoms with Crippen molar-refractivity contribution in [3.05, 3.63) is 29.6 Å². The minimum Gasteiger partial charge on any atom is -0.298 e. The van der Waals surface area contributed by atoms with E-state index < -0.39 is 0 Å². The molecule has 3 heteroatoms. The van der Waals surface area contributed by atoms with Crippen LogP contribution >= 0.6 is 0 Å². The number of hydrogen-bond acceptors (Lipinski definition) is 3. The molecule has 0 aliphatic heterocycles. The zero-order valence-corrected chi connectivity index (χ0v) is 5.11. The minimum absolute atomic E-state index is 0.338. The normalized spacial score (nSPS) is 8.30. The van der Waals surface area contributed by atoms with Crippen molar-refractivity contribution in [2.45, 2.75) is 0 Å². The van der Waals surface area contributed by atoms with Crippen molar-refractivity contribution in [2.75, 3.05) is 0 Å². The molecule has 0 bridgehead atoms. The third-order valence-corrected chi connectivity index (χ3v) is 1.10. The number of pyridine rings is 1. The molecule has 1 rings (SSSR count). The van der Waals surface area contributed by atoms with Gasteiger partial charge in [0.05, 0.1) is 17.2 Å². The zero-order valence-electron chi connectivity index (χ0n) is 5.11. The van der Waals surface area contributed by atoms with E-state index in [4.69, 9.17) is 5.26 Å². The van der Waals surface area contributed by atoms with Crippen LogP contribution < -0.4 is 0 Å². The number of hydrogen-bond donors (Lipinski definition) is 0. The summed E-state index contributed by atoms with van der Waals surface area (Å²) in [6.45, 7) is 0. The topological polar surface area (TPSA) is 53.8 Å². The molecule has 0 radical (unpaired) electrons. The Hall–Kier alpha value is -1.69. The highest BCUT2D eigenvalue weighted by atomic mass is 16.1. The first-order chi connectivity index (χ1) is 4.88. The van der Waals surface area contributed by atoms with Gasteiger partial charge in [-0.05, 0) is 6.07 Å². The molecule has 0 N–H and O–H groups in total. The number of nitrogens with zero attached hydrogens (tertiary/aromatic N) is 2. The van der Waals surface area contributed by atoms with E-state index in [1.807, 2.05) is 6.07 Å². The van der Waals surface area contributed by atoms with E-state index >= 15 is 0 Å². The lowest BCUT2D eigenvalue weighted by molar-refractivity contribution is 0.112. The molecule has 0 spiro atoms. The number of carbonyl (C=O) groups is 1. The molecule has 0 fully saturated rings. The first kappa shape index (κ1) is 6.43. The summed E-state index contributed by atoms with van der Waals surface area (Å²) in [5, 5.41) is 8.41. The number of aldehydes is 1. The van der Waals surface area contributed by atoms with Gasteiger partial charge in [0.1, 0.15) is 0 Å². The molecule has 3 nitrogen and oxygen atoms in total. The van der Waals surface area contributed by atoms with Crippen molar-refractivity contribution in [1.82, 2.24) is 4.98 Å². The Bertz CT molecular complexity index is 288. The van der Waals surface area contributed by atoms with Crippen LogP contribution in [-0.2, 0) is 0 Å². The molecule has 0 saturated heterocycles. The summed E-state index contributed by atoms with van der Waals surface area (Å²) in [6.07, 6.45) is 3.46. The van der Waals surface area contributed by atoms with Crippen LogP contribution in [0.1, 0.15) is 15.9 Å². The Labute approximate surface area is 57.9 Å². The molecule has 1 aromatic heterocycles. The number of rotatable bonds is 1. The Morgan fingerprint density at radius 2 is 2.50 bits per heavy atom. The van der Waals surface area contributed by atoms with Crippen molar-refractivity contribution in [2.24, 2.45) is 0 Å². The van der Waals surface area contributed by atoms with E-state index in [9.17, 15) is 4.79 Å². The van der Waals surface area contributed by atoms with Gasteiger partial charge in [-0.1, -0.05) is 0 Å². The largest absolute Gasteiger partial charge is 0.298 e. The van der Waals surface area contributed by atoms with Gasteiger partial charge in [-0.25, -0.2) is 0 Å². The van der Waals surface area contributed by atoms with Crippen LogP contribution in [0.15, 0.2) is 18.5 Å². The molecule has 1 aromatic rings. The van der Waals surface area contributed by atoms with Crippen LogP contribution in [0.4, 0.5) is 0 Å². The number of nitriles is 1. The lowest BCUT2D eigenvalue weighted by Gasteiger charge is -1.89. The Kier molecular flexibility index (Phi) is 1.76. The van der Waals surface area contributed by atoms with Gasteiger partial charge < -0.3 is 0 Å². The van der Waals surface area contributed by atoms with E-state index in [2.05, 4.69) is 4.98 Å². The molecule has 0 amide bonds. The summed E-state index contributed by atoms with van der Waals surface area (Å²) in [4.78, 5) is 13.9. The molecule has 0 unspecified atom stereocenters. The highest BCUT2D eigenvalue weighted by Gasteiger charge is 1.96. The van der Waals surface area contributed by atoms with Crippen molar-refractivity contribution < 1.29 is 4.79 Å². The maximum atomic E-state index is 10.2. The van der Waals surface area contributed by atoms with Gasteiger partial charge in [0.2, 0.25) is 0 Å². The molecule has 1 heterocycles. The molecular weight excluding hydrogens is 128 g/mol. The average Bonchev–Trinajstić information content (AvgIpc) is 2.04. The molecule has 0 saturated carbocycles. The smallest absolute Gasteiger partial charge is 0.152 e. The van der Waals surface area contributed by atoms with Gasteiger partial charge in [-0.2, -0.15) is 5.26 Å². The van der Waals surface area contributed by atoms with Crippen LogP contribution in [-0.4, -0.2) is 11.3 Å². The quantitative estimate of drug-likeness (QED) is 0.530. The maximum absolute atomic E-state index is 10.2. The first-order valence-corrected chi connectivity index (χ1v) is 2.68. The highest BCUT2D eigenvalue weighted by Crippen LogP contribution is 2.00. The SMILES string of the molecule is N#Cc1ccncc1C=O. The third-order valence-electron chi connectivity index (χ3n) is 1.10. The zero-order chi connectivity index (χ0) is 7.40. The minimum atomic E-state index is 0.338. The molecule has 10 heavy (non-hydrogen) atoms. The first-order valence-electron chi connectivity index (χ1n) is 2.68. The Morgan fingerprint density at radius 3 is 3.00 bits per heavy atom. The lowest BCUT2D eigenvalue weighted by atomic mass is 10.2. The van der Waals surface area contributed by atoms with Crippen LogP contribution in [0.3, 0.4) is 0 Å². The van der Waals surface area contributed by atoms with Gasteiger partial charge in [-0.3, -0.25) is 9.78 Å². The molecule has 0 atom stereocenters. The average molecular weight is 132 g/mol. The van der Waals surface area contributed by atoms with E-state index in [0.717, 1.165) is 0 Å². The van der Waals surface area contributed by atoms with Gasteiger partial charge in [0.25, 0.3) is 0 Å². The summed E-state index contributed by atoms with van der Waals surface area (Å²) in [7, 11) is 0. The summed E-state index contributed by atoms with van der Waals surface area (Å²) < 4.78 is 0. The predicted molar refractivity (Wildman–Crippen MR) is 34.3 cm³/mol. The summed E-state index contributed by atoms with van der Waals surface area (Å²) in [5.41, 5.74) is 0.704. The second-order valence-electron chi connectivity index (χ2n) is 1.69. The number of carbonyl (C=O) groups excluding carboxylic acids is 1. The van der Waals surface area contributed by atoms with Crippen LogP contribution in [0.2, 0.25) is 0 Å². The summed E-state index contributed by atoms with van der Waals surface area (Å²) in [5.74, 6) is 0. The van der Waals surface area contributed by atoms with Gasteiger partial charge in [-0.15, -0.1) is 0 Å². The fourth-order valence-electron chi connectivity index (χ4n) is 0.602. The molecule has 48 valence electrons. The van der Waals surface area contributed by atoms with E-state index in [-0.39, 0.29) is 0 Å². The van der Waals surface area contributed by atoms with Crippen molar-refractivity contribution >= 4 is 6.29 Å². The van der Waals surface area contributed by atoms with Crippen molar-refractivity contribution in [1.29, 1.82) is 5.26 Å². The van der Waals surface area contributed by atoms with E-state index in [1.54, 1.807) is 0 Å². The standard InChI is InChI=1S/C7H4N2O/c8-3-6-1-2-9-4-7(6)5-10/h1-2,4-5H.